The van der Waals surface area contributed by atoms with Crippen LogP contribution in [0.15, 0.2) is 0 Å². The Kier molecular flexibility index (Phi) is 8.35. The maximum Gasteiger partial charge on any atom is 0.322 e. The number of ether oxygens (including phenoxy) is 1. The van der Waals surface area contributed by atoms with E-state index in [-0.39, 0.29) is 0 Å². The van der Waals surface area contributed by atoms with Crippen molar-refractivity contribution in [2.75, 3.05) is 6.61 Å². The van der Waals surface area contributed by atoms with Gasteiger partial charge in [-0.3, -0.25) is 9.59 Å². The molecule has 0 bridgehead atoms. The van der Waals surface area contributed by atoms with Crippen LogP contribution in [0, 0.1) is 0 Å². The monoisotopic (exact) mass is 246 g/mol. The second-order valence-corrected chi connectivity index (χ2v) is 4.00. The molecule has 0 radical (unpaired) electrons. The minimum Gasteiger partial charge on any atom is -0.480 e. The first-order valence-corrected chi connectivity index (χ1v) is 5.89. The first-order valence-electron chi connectivity index (χ1n) is 5.89. The summed E-state index contributed by atoms with van der Waals surface area (Å²) in [5.74, 6) is -1.47. The third-order valence-corrected chi connectivity index (χ3v) is 2.39. The van der Waals surface area contributed by atoms with Crippen LogP contribution >= 0.6 is 0 Å². The first kappa shape index (κ1) is 15.9. The van der Waals surface area contributed by atoms with Crippen molar-refractivity contribution in [3.8, 4) is 0 Å². The van der Waals surface area contributed by atoms with Crippen LogP contribution in [-0.2, 0) is 14.3 Å². The highest BCUT2D eigenvalue weighted by molar-refractivity contribution is 5.75. The van der Waals surface area contributed by atoms with Gasteiger partial charge in [-0.25, -0.2) is 0 Å². The fourth-order valence-electron chi connectivity index (χ4n) is 1.22. The molecule has 0 aromatic rings. The molecule has 0 rings (SSSR count). The summed E-state index contributed by atoms with van der Waals surface area (Å²) in [5.41, 5.74) is 10.9. The van der Waals surface area contributed by atoms with Gasteiger partial charge < -0.3 is 21.3 Å². The van der Waals surface area contributed by atoms with E-state index in [0.717, 1.165) is 12.8 Å². The van der Waals surface area contributed by atoms with Gasteiger partial charge in [-0.2, -0.15) is 0 Å². The molecule has 0 heterocycles. The Labute approximate surface area is 101 Å². The molecule has 0 saturated heterocycles. The third-order valence-electron chi connectivity index (χ3n) is 2.39. The van der Waals surface area contributed by atoms with Crippen molar-refractivity contribution in [3.05, 3.63) is 0 Å². The van der Waals surface area contributed by atoms with Crippen LogP contribution in [-0.4, -0.2) is 35.7 Å². The molecular formula is C11H22N2O4. The van der Waals surface area contributed by atoms with Gasteiger partial charge in [0.05, 0.1) is 6.61 Å². The normalized spacial score (nSPS) is 14.1. The van der Waals surface area contributed by atoms with Gasteiger partial charge >= 0.3 is 11.9 Å². The lowest BCUT2D eigenvalue weighted by Crippen LogP contribution is -2.34. The number of carbonyl (C=O) groups is 2. The largest absolute Gasteiger partial charge is 0.480 e. The van der Waals surface area contributed by atoms with Gasteiger partial charge in [-0.15, -0.1) is 0 Å². The molecule has 5 N–H and O–H groups in total. The Bertz CT molecular complexity index is 246. The average molecular weight is 246 g/mol. The summed E-state index contributed by atoms with van der Waals surface area (Å²) in [7, 11) is 0. The van der Waals surface area contributed by atoms with Crippen LogP contribution in [0.5, 0.6) is 0 Å². The molecule has 0 aliphatic carbocycles. The zero-order chi connectivity index (χ0) is 13.3. The van der Waals surface area contributed by atoms with Crippen molar-refractivity contribution in [2.24, 2.45) is 11.5 Å². The van der Waals surface area contributed by atoms with Crippen molar-refractivity contribution in [1.82, 2.24) is 0 Å². The number of carbonyl (C=O) groups excluding carboxylic acids is 1. The van der Waals surface area contributed by atoms with Crippen LogP contribution < -0.4 is 11.5 Å². The maximum atomic E-state index is 11.3. The number of rotatable bonds is 9. The summed E-state index contributed by atoms with van der Waals surface area (Å²) in [6.07, 6.45) is 2.98. The molecule has 0 amide bonds. The SMILES string of the molecule is CCCCOC(=O)C(N)CCC[C@H](N)C(=O)O. The molecule has 0 fully saturated rings. The second kappa shape index (κ2) is 8.95. The van der Waals surface area contributed by atoms with Crippen LogP contribution in [0.2, 0.25) is 0 Å². The summed E-state index contributed by atoms with van der Waals surface area (Å²) in [4.78, 5) is 21.8. The summed E-state index contributed by atoms with van der Waals surface area (Å²) in [5, 5.41) is 8.55. The van der Waals surface area contributed by atoms with Crippen molar-refractivity contribution in [3.63, 3.8) is 0 Å². The Hall–Kier alpha value is -1.14. The van der Waals surface area contributed by atoms with E-state index in [1.807, 2.05) is 6.92 Å². The number of carboxylic acids is 1. The van der Waals surface area contributed by atoms with E-state index in [9.17, 15) is 9.59 Å². The topological polar surface area (TPSA) is 116 Å². The number of nitrogens with two attached hydrogens (primary N) is 2. The lowest BCUT2D eigenvalue weighted by molar-refractivity contribution is -0.145. The first-order chi connectivity index (χ1) is 7.99. The number of esters is 1. The van der Waals surface area contributed by atoms with Gasteiger partial charge in [0.15, 0.2) is 0 Å². The van der Waals surface area contributed by atoms with Crippen molar-refractivity contribution >= 4 is 11.9 Å². The van der Waals surface area contributed by atoms with Crippen LogP contribution in [0.3, 0.4) is 0 Å². The van der Waals surface area contributed by atoms with Gasteiger partial charge in [0.25, 0.3) is 0 Å². The smallest absolute Gasteiger partial charge is 0.322 e. The molecule has 6 heteroatoms. The highest BCUT2D eigenvalue weighted by Crippen LogP contribution is 2.04. The zero-order valence-corrected chi connectivity index (χ0v) is 10.2. The lowest BCUT2D eigenvalue weighted by atomic mass is 10.1. The molecule has 0 spiro atoms. The number of hydrogen-bond donors (Lipinski definition) is 3. The highest BCUT2D eigenvalue weighted by Gasteiger charge is 2.16. The molecule has 100 valence electrons. The fraction of sp³-hybridized carbons (Fsp3) is 0.818. The van der Waals surface area contributed by atoms with E-state index in [0.29, 0.717) is 25.9 Å². The minimum absolute atomic E-state index is 0.311. The van der Waals surface area contributed by atoms with Gasteiger partial charge in [-0.1, -0.05) is 13.3 Å². The van der Waals surface area contributed by atoms with E-state index in [2.05, 4.69) is 0 Å². The molecule has 1 unspecified atom stereocenters. The van der Waals surface area contributed by atoms with Crippen LogP contribution in [0.1, 0.15) is 39.0 Å². The van der Waals surface area contributed by atoms with Gasteiger partial charge in [0.1, 0.15) is 12.1 Å². The van der Waals surface area contributed by atoms with Crippen LogP contribution in [0.4, 0.5) is 0 Å². The standard InChI is InChI=1S/C11H22N2O4/c1-2-3-7-17-11(16)9(13)6-4-5-8(12)10(14)15/h8-9H,2-7,12-13H2,1H3,(H,14,15)/t8-,9?/m0/s1. The summed E-state index contributed by atoms with van der Waals surface area (Å²) < 4.78 is 4.94. The quantitative estimate of drug-likeness (QED) is 0.396. The predicted octanol–water partition coefficient (Wildman–Crippen LogP) is 0.239. The van der Waals surface area contributed by atoms with E-state index >= 15 is 0 Å². The van der Waals surface area contributed by atoms with Gasteiger partial charge in [-0.05, 0) is 25.7 Å². The van der Waals surface area contributed by atoms with E-state index in [1.54, 1.807) is 0 Å². The van der Waals surface area contributed by atoms with E-state index in [4.69, 9.17) is 21.3 Å². The Morgan fingerprint density at radius 3 is 2.29 bits per heavy atom. The predicted molar refractivity (Wildman–Crippen MR) is 63.3 cm³/mol. The molecule has 2 atom stereocenters. The number of hydrogen-bond acceptors (Lipinski definition) is 5. The van der Waals surface area contributed by atoms with Crippen molar-refractivity contribution in [1.29, 1.82) is 0 Å². The zero-order valence-electron chi connectivity index (χ0n) is 10.2. The minimum atomic E-state index is -1.04. The molecule has 0 aliphatic rings. The molecule has 0 aliphatic heterocycles. The molecule has 0 aromatic heterocycles. The van der Waals surface area contributed by atoms with Gasteiger partial charge in [0, 0.05) is 0 Å². The molecule has 6 nitrogen and oxygen atoms in total. The van der Waals surface area contributed by atoms with E-state index < -0.39 is 24.0 Å². The highest BCUT2D eigenvalue weighted by atomic mass is 16.5. The molecule has 17 heavy (non-hydrogen) atoms. The Morgan fingerprint density at radius 2 is 1.76 bits per heavy atom. The van der Waals surface area contributed by atoms with E-state index in [1.165, 1.54) is 0 Å². The maximum absolute atomic E-state index is 11.3. The van der Waals surface area contributed by atoms with Gasteiger partial charge in [0.2, 0.25) is 0 Å². The second-order valence-electron chi connectivity index (χ2n) is 4.00. The fourth-order valence-corrected chi connectivity index (χ4v) is 1.22. The molecular weight excluding hydrogens is 224 g/mol. The average Bonchev–Trinajstić information content (AvgIpc) is 2.28. The Balaban J connectivity index is 3.67. The number of carboxylic acid groups (broad SMARTS) is 1. The number of aliphatic carboxylic acids is 1. The molecule has 0 aromatic carbocycles. The summed E-state index contributed by atoms with van der Waals surface area (Å²) in [6, 6.07) is -1.58. The van der Waals surface area contributed by atoms with Crippen LogP contribution in [0.25, 0.3) is 0 Å². The van der Waals surface area contributed by atoms with Crippen molar-refractivity contribution in [2.45, 2.75) is 51.1 Å². The van der Waals surface area contributed by atoms with Crippen molar-refractivity contribution < 1.29 is 19.4 Å². The summed E-state index contributed by atoms with van der Waals surface area (Å²) in [6.45, 7) is 2.39. The number of unbranched alkanes of at least 4 members (excludes halogenated alkanes) is 1. The summed E-state index contributed by atoms with van der Waals surface area (Å²) >= 11 is 0. The molecule has 0 saturated carbocycles. The Morgan fingerprint density at radius 1 is 1.18 bits per heavy atom. The third kappa shape index (κ3) is 7.70. The lowest BCUT2D eigenvalue weighted by Gasteiger charge is -2.12.